The number of sulfonamides is 1. The van der Waals surface area contributed by atoms with Crippen LogP contribution in [0.3, 0.4) is 0 Å². The number of nitrogens with zero attached hydrogens (tertiary/aromatic N) is 1. The van der Waals surface area contributed by atoms with Crippen molar-refractivity contribution in [1.82, 2.24) is 10.6 Å². The van der Waals surface area contributed by atoms with Crippen LogP contribution in [0.2, 0.25) is 0 Å². The van der Waals surface area contributed by atoms with Crippen molar-refractivity contribution < 1.29 is 21.6 Å². The van der Waals surface area contributed by atoms with Crippen LogP contribution >= 0.6 is 0 Å². The maximum absolute atomic E-state index is 12.1. The van der Waals surface area contributed by atoms with Gasteiger partial charge in [0.15, 0.2) is 5.96 Å². The van der Waals surface area contributed by atoms with Crippen LogP contribution in [0.4, 0.5) is 13.2 Å². The van der Waals surface area contributed by atoms with Gasteiger partial charge >= 0.3 is 6.18 Å². The van der Waals surface area contributed by atoms with E-state index in [1.165, 1.54) is 18.2 Å². The molecule has 0 fully saturated rings. The Bertz CT molecular complexity index is 645. The lowest BCUT2D eigenvalue weighted by Gasteiger charge is -2.12. The highest BCUT2D eigenvalue weighted by atomic mass is 32.2. The number of benzene rings is 1. The molecule has 0 atom stereocenters. The molecular formula is C13H19F3N4O2S. The monoisotopic (exact) mass is 352 g/mol. The standard InChI is InChI=1S/C13H19F3N4O2S/c1-2-18-12(19-7-6-13(14,15)16)20-9-10-4-3-5-11(8-10)23(17,21)22/h3-5,8H,2,6-7,9H2,1H3,(H2,17,21,22)(H2,18,19,20). The minimum Gasteiger partial charge on any atom is -0.357 e. The van der Waals surface area contributed by atoms with Gasteiger partial charge in [0.05, 0.1) is 17.9 Å². The number of nitrogens with two attached hydrogens (primary N) is 1. The van der Waals surface area contributed by atoms with Crippen LogP contribution in [-0.4, -0.2) is 33.6 Å². The molecule has 0 amide bonds. The summed E-state index contributed by atoms with van der Waals surface area (Å²) in [6.07, 6.45) is -5.22. The SMILES string of the molecule is CCNC(=NCc1cccc(S(N)(=O)=O)c1)NCCC(F)(F)F. The molecule has 0 spiro atoms. The van der Waals surface area contributed by atoms with E-state index in [1.807, 2.05) is 0 Å². The number of guanidine groups is 1. The Morgan fingerprint density at radius 1 is 1.30 bits per heavy atom. The molecule has 1 aromatic carbocycles. The molecule has 6 nitrogen and oxygen atoms in total. The predicted octanol–water partition coefficient (Wildman–Crippen LogP) is 1.34. The van der Waals surface area contributed by atoms with E-state index in [4.69, 9.17) is 5.14 Å². The van der Waals surface area contributed by atoms with Gasteiger partial charge in [0.1, 0.15) is 0 Å². The number of aliphatic imine (C=N–C) groups is 1. The first-order chi connectivity index (χ1) is 10.6. The third-order valence-corrected chi connectivity index (χ3v) is 3.60. The molecule has 0 aliphatic carbocycles. The predicted molar refractivity (Wildman–Crippen MR) is 81.3 cm³/mol. The topological polar surface area (TPSA) is 96.6 Å². The van der Waals surface area contributed by atoms with Crippen LogP contribution in [0.5, 0.6) is 0 Å². The molecule has 0 aromatic heterocycles. The third kappa shape index (κ3) is 7.84. The zero-order valence-electron chi connectivity index (χ0n) is 12.5. The average molecular weight is 352 g/mol. The van der Waals surface area contributed by atoms with E-state index in [9.17, 15) is 21.6 Å². The lowest BCUT2D eigenvalue weighted by Crippen LogP contribution is -2.38. The zero-order valence-corrected chi connectivity index (χ0v) is 13.3. The average Bonchev–Trinajstić information content (AvgIpc) is 2.43. The number of halogens is 3. The summed E-state index contributed by atoms with van der Waals surface area (Å²) in [6, 6.07) is 5.90. The van der Waals surface area contributed by atoms with E-state index in [0.29, 0.717) is 12.1 Å². The second-order valence-electron chi connectivity index (χ2n) is 4.68. The van der Waals surface area contributed by atoms with Gasteiger partial charge in [0.2, 0.25) is 10.0 Å². The molecular weight excluding hydrogens is 333 g/mol. The Morgan fingerprint density at radius 3 is 2.57 bits per heavy atom. The van der Waals surface area contributed by atoms with Crippen LogP contribution in [0.15, 0.2) is 34.2 Å². The number of rotatable bonds is 6. The van der Waals surface area contributed by atoms with Gasteiger partial charge in [-0.1, -0.05) is 12.1 Å². The van der Waals surface area contributed by atoms with Crippen LogP contribution in [0.25, 0.3) is 0 Å². The molecule has 1 rings (SSSR count). The lowest BCUT2D eigenvalue weighted by molar-refractivity contribution is -0.132. The van der Waals surface area contributed by atoms with Gasteiger partial charge in [0.25, 0.3) is 0 Å². The summed E-state index contributed by atoms with van der Waals surface area (Å²) < 4.78 is 58.9. The van der Waals surface area contributed by atoms with E-state index < -0.39 is 22.6 Å². The number of hydrogen-bond donors (Lipinski definition) is 3. The van der Waals surface area contributed by atoms with E-state index in [0.717, 1.165) is 0 Å². The quantitative estimate of drug-likeness (QED) is 0.532. The first-order valence-corrected chi connectivity index (χ1v) is 8.37. The van der Waals surface area contributed by atoms with Crippen molar-refractivity contribution in [2.24, 2.45) is 10.1 Å². The van der Waals surface area contributed by atoms with Crippen molar-refractivity contribution in [3.8, 4) is 0 Å². The summed E-state index contributed by atoms with van der Waals surface area (Å²) in [6.45, 7) is 2.06. The van der Waals surface area contributed by atoms with Crippen molar-refractivity contribution in [2.45, 2.75) is 31.0 Å². The van der Waals surface area contributed by atoms with Gasteiger partial charge in [-0.25, -0.2) is 18.5 Å². The van der Waals surface area contributed by atoms with Gasteiger partial charge < -0.3 is 10.6 Å². The summed E-state index contributed by atoms with van der Waals surface area (Å²) in [5.74, 6) is 0.220. The first-order valence-electron chi connectivity index (χ1n) is 6.82. The molecule has 0 heterocycles. The fourth-order valence-corrected chi connectivity index (χ4v) is 2.24. The van der Waals surface area contributed by atoms with Crippen molar-refractivity contribution in [1.29, 1.82) is 0 Å². The molecule has 0 saturated heterocycles. The van der Waals surface area contributed by atoms with E-state index in [1.54, 1.807) is 13.0 Å². The molecule has 23 heavy (non-hydrogen) atoms. The maximum atomic E-state index is 12.1. The smallest absolute Gasteiger partial charge is 0.357 e. The van der Waals surface area contributed by atoms with Crippen molar-refractivity contribution in [3.05, 3.63) is 29.8 Å². The summed E-state index contributed by atoms with van der Waals surface area (Å²) in [5.41, 5.74) is 0.574. The largest absolute Gasteiger partial charge is 0.390 e. The molecule has 4 N–H and O–H groups in total. The fraction of sp³-hybridized carbons (Fsp3) is 0.462. The number of alkyl halides is 3. The summed E-state index contributed by atoms with van der Waals surface area (Å²) in [5, 5.41) is 10.4. The van der Waals surface area contributed by atoms with Crippen LogP contribution in [-0.2, 0) is 16.6 Å². The molecule has 0 saturated carbocycles. The maximum Gasteiger partial charge on any atom is 0.390 e. The molecule has 0 unspecified atom stereocenters. The van der Waals surface area contributed by atoms with Crippen molar-refractivity contribution in [3.63, 3.8) is 0 Å². The van der Waals surface area contributed by atoms with Gasteiger partial charge in [-0.05, 0) is 24.6 Å². The molecule has 0 bridgehead atoms. The Kier molecular flexibility index (Phi) is 6.82. The normalized spacial score (nSPS) is 13.0. The molecule has 0 aliphatic heterocycles. The molecule has 1 aromatic rings. The summed E-state index contributed by atoms with van der Waals surface area (Å²) in [4.78, 5) is 4.08. The van der Waals surface area contributed by atoms with Gasteiger partial charge in [0, 0.05) is 13.1 Å². The van der Waals surface area contributed by atoms with Crippen LogP contribution in [0.1, 0.15) is 18.9 Å². The van der Waals surface area contributed by atoms with Crippen LogP contribution < -0.4 is 15.8 Å². The molecule has 130 valence electrons. The second kappa shape index (κ2) is 8.16. The third-order valence-electron chi connectivity index (χ3n) is 2.69. The Morgan fingerprint density at radius 2 is 2.00 bits per heavy atom. The van der Waals surface area contributed by atoms with Gasteiger partial charge in [-0.2, -0.15) is 13.2 Å². The highest BCUT2D eigenvalue weighted by Crippen LogP contribution is 2.18. The lowest BCUT2D eigenvalue weighted by atomic mass is 10.2. The highest BCUT2D eigenvalue weighted by molar-refractivity contribution is 7.89. The Labute approximate surface area is 133 Å². The Balaban J connectivity index is 2.74. The minimum absolute atomic E-state index is 0.0415. The second-order valence-corrected chi connectivity index (χ2v) is 6.24. The molecule has 10 heteroatoms. The van der Waals surface area contributed by atoms with Gasteiger partial charge in [-0.3, -0.25) is 0 Å². The Hall–Kier alpha value is -1.81. The number of primary sulfonamides is 1. The highest BCUT2D eigenvalue weighted by Gasteiger charge is 2.26. The van der Waals surface area contributed by atoms with E-state index in [-0.39, 0.29) is 23.9 Å². The molecule has 0 aliphatic rings. The number of nitrogens with one attached hydrogen (secondary N) is 2. The zero-order chi connectivity index (χ0) is 17.5. The minimum atomic E-state index is -4.24. The summed E-state index contributed by atoms with van der Waals surface area (Å²) >= 11 is 0. The van der Waals surface area contributed by atoms with Crippen LogP contribution in [0, 0.1) is 0 Å². The van der Waals surface area contributed by atoms with Crippen molar-refractivity contribution >= 4 is 16.0 Å². The first kappa shape index (κ1) is 19.2. The van der Waals surface area contributed by atoms with E-state index in [2.05, 4.69) is 15.6 Å². The fourth-order valence-electron chi connectivity index (χ4n) is 1.66. The van der Waals surface area contributed by atoms with E-state index >= 15 is 0 Å². The van der Waals surface area contributed by atoms with Crippen molar-refractivity contribution in [2.75, 3.05) is 13.1 Å². The van der Waals surface area contributed by atoms with Gasteiger partial charge in [-0.15, -0.1) is 0 Å². The number of hydrogen-bond acceptors (Lipinski definition) is 3. The molecule has 0 radical (unpaired) electrons. The summed E-state index contributed by atoms with van der Waals surface area (Å²) in [7, 11) is -3.81.